The summed E-state index contributed by atoms with van der Waals surface area (Å²) in [5.74, 6) is -0.510. The number of halogens is 1. The van der Waals surface area contributed by atoms with E-state index in [1.807, 2.05) is 19.1 Å². The van der Waals surface area contributed by atoms with Crippen LogP contribution in [0.15, 0.2) is 42.7 Å². The molecular formula is C20H21FN4O. The van der Waals surface area contributed by atoms with Crippen molar-refractivity contribution in [1.29, 1.82) is 0 Å². The average Bonchev–Trinajstić information content (AvgIpc) is 3.13. The van der Waals surface area contributed by atoms with Gasteiger partial charge >= 0.3 is 0 Å². The first kappa shape index (κ1) is 16.6. The van der Waals surface area contributed by atoms with Crippen molar-refractivity contribution in [2.24, 2.45) is 0 Å². The molecule has 1 saturated heterocycles. The van der Waals surface area contributed by atoms with Crippen LogP contribution < -0.4 is 10.2 Å². The first-order valence-electron chi connectivity index (χ1n) is 8.85. The Balaban J connectivity index is 1.49. The number of piperidine rings is 1. The molecule has 3 heterocycles. The maximum atomic E-state index is 14.0. The molecule has 1 aromatic carbocycles. The summed E-state index contributed by atoms with van der Waals surface area (Å²) in [6.07, 6.45) is 5.49. The molecule has 0 radical (unpaired) electrons. The van der Waals surface area contributed by atoms with E-state index in [0.29, 0.717) is 16.6 Å². The number of aromatic amines is 1. The van der Waals surface area contributed by atoms with E-state index in [-0.39, 0.29) is 17.8 Å². The number of H-pyrrole nitrogens is 1. The fourth-order valence-corrected chi connectivity index (χ4v) is 3.60. The van der Waals surface area contributed by atoms with Gasteiger partial charge in [-0.1, -0.05) is 6.07 Å². The Morgan fingerprint density at radius 2 is 2.12 bits per heavy atom. The molecule has 26 heavy (non-hydrogen) atoms. The highest BCUT2D eigenvalue weighted by atomic mass is 19.1. The van der Waals surface area contributed by atoms with Crippen LogP contribution in [0.1, 0.15) is 28.9 Å². The quantitative estimate of drug-likeness (QED) is 0.759. The fraction of sp³-hybridized carbons (Fsp3) is 0.300. The minimum Gasteiger partial charge on any atom is -0.369 e. The van der Waals surface area contributed by atoms with Gasteiger partial charge in [-0.15, -0.1) is 0 Å². The van der Waals surface area contributed by atoms with Gasteiger partial charge in [0.2, 0.25) is 0 Å². The summed E-state index contributed by atoms with van der Waals surface area (Å²) < 4.78 is 14.0. The molecule has 3 aromatic rings. The van der Waals surface area contributed by atoms with Crippen molar-refractivity contribution in [1.82, 2.24) is 15.3 Å². The summed E-state index contributed by atoms with van der Waals surface area (Å²) in [6.45, 7) is 3.62. The van der Waals surface area contributed by atoms with Crippen molar-refractivity contribution in [3.63, 3.8) is 0 Å². The molecule has 1 amide bonds. The third-order valence-corrected chi connectivity index (χ3v) is 4.98. The van der Waals surface area contributed by atoms with E-state index in [4.69, 9.17) is 0 Å². The van der Waals surface area contributed by atoms with Crippen LogP contribution in [0.2, 0.25) is 0 Å². The molecule has 2 aromatic heterocycles. The second kappa shape index (κ2) is 6.78. The van der Waals surface area contributed by atoms with Crippen molar-refractivity contribution < 1.29 is 9.18 Å². The molecule has 0 bridgehead atoms. The third-order valence-electron chi connectivity index (χ3n) is 4.98. The van der Waals surface area contributed by atoms with E-state index in [0.717, 1.165) is 37.2 Å². The lowest BCUT2D eigenvalue weighted by Gasteiger charge is -2.34. The topological polar surface area (TPSA) is 61.0 Å². The van der Waals surface area contributed by atoms with Crippen LogP contribution in [0.25, 0.3) is 10.9 Å². The molecule has 2 N–H and O–H groups in total. The van der Waals surface area contributed by atoms with Gasteiger partial charge in [0.1, 0.15) is 11.5 Å². The van der Waals surface area contributed by atoms with Crippen LogP contribution in [0.4, 0.5) is 10.1 Å². The number of anilines is 1. The largest absolute Gasteiger partial charge is 0.369 e. The second-order valence-corrected chi connectivity index (χ2v) is 6.80. The lowest BCUT2D eigenvalue weighted by atomic mass is 10.0. The van der Waals surface area contributed by atoms with Crippen LogP contribution in [0.5, 0.6) is 0 Å². The van der Waals surface area contributed by atoms with Crippen LogP contribution in [-0.4, -0.2) is 35.0 Å². The van der Waals surface area contributed by atoms with E-state index in [1.165, 1.54) is 6.07 Å². The van der Waals surface area contributed by atoms with E-state index in [1.54, 1.807) is 24.5 Å². The molecule has 1 unspecified atom stereocenters. The Bertz CT molecular complexity index is 899. The zero-order chi connectivity index (χ0) is 18.1. The Labute approximate surface area is 151 Å². The van der Waals surface area contributed by atoms with Gasteiger partial charge in [0.15, 0.2) is 0 Å². The van der Waals surface area contributed by atoms with Gasteiger partial charge < -0.3 is 15.2 Å². The lowest BCUT2D eigenvalue weighted by Crippen LogP contribution is -2.47. The molecular weight excluding hydrogens is 331 g/mol. The number of hydrogen-bond donors (Lipinski definition) is 2. The molecule has 0 saturated carbocycles. The van der Waals surface area contributed by atoms with E-state index >= 15 is 0 Å². The molecule has 4 rings (SSSR count). The van der Waals surface area contributed by atoms with Gasteiger partial charge in [-0.2, -0.15) is 0 Å². The Morgan fingerprint density at radius 1 is 1.31 bits per heavy atom. The SMILES string of the molecule is Cc1ccc(F)c2cc(C(=O)NC3CCCN(c4ccncc4)C3)[nH]c12. The predicted octanol–water partition coefficient (Wildman–Crippen LogP) is 3.41. The number of fused-ring (bicyclic) bond motifs is 1. The highest BCUT2D eigenvalue weighted by Crippen LogP contribution is 2.23. The number of amides is 1. The van der Waals surface area contributed by atoms with Crippen molar-refractivity contribution in [3.8, 4) is 0 Å². The standard InChI is InChI=1S/C20H21FN4O/c1-13-4-5-17(21)16-11-18(24-19(13)16)20(26)23-14-3-2-10-25(12-14)15-6-8-22-9-7-15/h4-9,11,14,24H,2-3,10,12H2,1H3,(H,23,26). The zero-order valence-corrected chi connectivity index (χ0v) is 14.6. The minimum absolute atomic E-state index is 0.0572. The summed E-state index contributed by atoms with van der Waals surface area (Å²) in [5.41, 5.74) is 3.11. The van der Waals surface area contributed by atoms with Gasteiger partial charge in [-0.05, 0) is 49.6 Å². The van der Waals surface area contributed by atoms with Crippen LogP contribution >= 0.6 is 0 Å². The molecule has 6 heteroatoms. The van der Waals surface area contributed by atoms with Gasteiger partial charge in [0.25, 0.3) is 5.91 Å². The molecule has 0 aliphatic carbocycles. The third kappa shape index (κ3) is 3.14. The zero-order valence-electron chi connectivity index (χ0n) is 14.6. The first-order valence-corrected chi connectivity index (χ1v) is 8.85. The number of nitrogens with one attached hydrogen (secondary N) is 2. The summed E-state index contributed by atoms with van der Waals surface area (Å²) in [6, 6.07) is 8.75. The van der Waals surface area contributed by atoms with Gasteiger partial charge in [-0.25, -0.2) is 4.39 Å². The maximum absolute atomic E-state index is 14.0. The number of hydrogen-bond acceptors (Lipinski definition) is 3. The van der Waals surface area contributed by atoms with E-state index in [9.17, 15) is 9.18 Å². The molecule has 134 valence electrons. The monoisotopic (exact) mass is 352 g/mol. The number of aryl methyl sites for hydroxylation is 1. The second-order valence-electron chi connectivity index (χ2n) is 6.80. The van der Waals surface area contributed by atoms with Crippen LogP contribution in [-0.2, 0) is 0 Å². The number of aromatic nitrogens is 2. The number of pyridine rings is 1. The molecule has 1 aliphatic rings. The molecule has 5 nitrogen and oxygen atoms in total. The number of carbonyl (C=O) groups is 1. The predicted molar refractivity (Wildman–Crippen MR) is 99.9 cm³/mol. The molecule has 1 aliphatic heterocycles. The van der Waals surface area contributed by atoms with Gasteiger partial charge in [-0.3, -0.25) is 9.78 Å². The molecule has 1 fully saturated rings. The Hall–Kier alpha value is -2.89. The average molecular weight is 352 g/mol. The summed E-state index contributed by atoms with van der Waals surface area (Å²) in [7, 11) is 0. The minimum atomic E-state index is -0.317. The van der Waals surface area contributed by atoms with Crippen molar-refractivity contribution in [3.05, 3.63) is 59.8 Å². The highest BCUT2D eigenvalue weighted by Gasteiger charge is 2.23. The Kier molecular flexibility index (Phi) is 4.32. The normalized spacial score (nSPS) is 17.5. The van der Waals surface area contributed by atoms with Gasteiger partial charge in [0.05, 0.1) is 5.52 Å². The smallest absolute Gasteiger partial charge is 0.268 e. The number of benzene rings is 1. The number of rotatable bonds is 3. The number of carbonyl (C=O) groups excluding carboxylic acids is 1. The van der Waals surface area contributed by atoms with Crippen molar-refractivity contribution in [2.75, 3.05) is 18.0 Å². The summed E-state index contributed by atoms with van der Waals surface area (Å²) in [5, 5.41) is 3.54. The molecule has 0 spiro atoms. The van der Waals surface area contributed by atoms with Crippen molar-refractivity contribution >= 4 is 22.5 Å². The van der Waals surface area contributed by atoms with Crippen LogP contribution in [0, 0.1) is 12.7 Å². The summed E-state index contributed by atoms with van der Waals surface area (Å²) >= 11 is 0. The molecule has 1 atom stereocenters. The van der Waals surface area contributed by atoms with E-state index < -0.39 is 0 Å². The highest BCUT2D eigenvalue weighted by molar-refractivity contribution is 5.99. The Morgan fingerprint density at radius 3 is 2.88 bits per heavy atom. The van der Waals surface area contributed by atoms with E-state index in [2.05, 4.69) is 20.2 Å². The fourth-order valence-electron chi connectivity index (χ4n) is 3.60. The maximum Gasteiger partial charge on any atom is 0.268 e. The van der Waals surface area contributed by atoms with Crippen LogP contribution in [0.3, 0.4) is 0 Å². The van der Waals surface area contributed by atoms with Gasteiger partial charge in [0, 0.05) is 42.6 Å². The number of nitrogens with zero attached hydrogens (tertiary/aromatic N) is 2. The first-order chi connectivity index (χ1) is 12.6. The van der Waals surface area contributed by atoms with Crippen molar-refractivity contribution in [2.45, 2.75) is 25.8 Å². The summed E-state index contributed by atoms with van der Waals surface area (Å²) in [4.78, 5) is 22.0. The lowest BCUT2D eigenvalue weighted by molar-refractivity contribution is 0.0929.